The minimum atomic E-state index is 0.309. The number of nitrogens with one attached hydrogen (secondary N) is 1. The fourth-order valence-electron chi connectivity index (χ4n) is 1.84. The van der Waals surface area contributed by atoms with E-state index in [4.69, 9.17) is 24.4 Å². The van der Waals surface area contributed by atoms with Gasteiger partial charge in [0.1, 0.15) is 5.75 Å². The lowest BCUT2D eigenvalue weighted by Gasteiger charge is -2.12. The lowest BCUT2D eigenvalue weighted by atomic mass is 10.2. The normalized spacial score (nSPS) is 10.4. The predicted octanol–water partition coefficient (Wildman–Crippen LogP) is 5.24. The molecule has 0 heterocycles. The average molecular weight is 342 g/mol. The van der Waals surface area contributed by atoms with Crippen LogP contribution >= 0.6 is 36.2 Å². The molecule has 0 amide bonds. The van der Waals surface area contributed by atoms with Crippen LogP contribution in [0.5, 0.6) is 5.75 Å². The van der Waals surface area contributed by atoms with Gasteiger partial charge in [0, 0.05) is 17.1 Å². The number of phenols is 1. The molecule has 0 saturated carbocycles. The van der Waals surface area contributed by atoms with Crippen LogP contribution in [0.25, 0.3) is 0 Å². The zero-order chi connectivity index (χ0) is 15.7. The first kappa shape index (κ1) is 18.4. The molecule has 2 N–H and O–H groups in total. The smallest absolute Gasteiger partial charge is 0.116 e. The predicted molar refractivity (Wildman–Crippen MR) is 102 cm³/mol. The molecule has 0 atom stereocenters. The van der Waals surface area contributed by atoms with E-state index in [2.05, 4.69) is 5.32 Å². The van der Waals surface area contributed by atoms with Crippen molar-refractivity contribution in [2.75, 3.05) is 17.6 Å². The minimum absolute atomic E-state index is 0.309. The number of thioether (sulfide) groups is 1. The van der Waals surface area contributed by atoms with Crippen LogP contribution in [0.2, 0.25) is 0 Å². The molecule has 0 fully saturated rings. The van der Waals surface area contributed by atoms with E-state index in [-0.39, 0.29) is 0 Å². The van der Waals surface area contributed by atoms with Crippen molar-refractivity contribution in [3.8, 4) is 5.75 Å². The Kier molecular flexibility index (Phi) is 8.88. The second kappa shape index (κ2) is 10.1. The van der Waals surface area contributed by atoms with Gasteiger partial charge < -0.3 is 10.4 Å². The average Bonchev–Trinajstić information content (AvgIpc) is 2.41. The maximum absolute atomic E-state index is 9.65. The van der Waals surface area contributed by atoms with Crippen molar-refractivity contribution in [1.82, 2.24) is 0 Å². The van der Waals surface area contributed by atoms with E-state index in [1.54, 1.807) is 17.8 Å². The number of aromatic hydroxyl groups is 1. The molecule has 0 aromatic heterocycles. The molecule has 0 saturated heterocycles. The fraction of sp³-hybridized carbons (Fsp3) is 0.500. The van der Waals surface area contributed by atoms with Crippen molar-refractivity contribution in [3.05, 3.63) is 18.2 Å². The summed E-state index contributed by atoms with van der Waals surface area (Å²) in [6.07, 6.45) is 4.05. The second-order valence-corrected chi connectivity index (χ2v) is 7.60. The van der Waals surface area contributed by atoms with Gasteiger partial charge in [-0.05, 0) is 73.2 Å². The molecule has 1 aromatic rings. The third kappa shape index (κ3) is 8.39. The van der Waals surface area contributed by atoms with Gasteiger partial charge in [0.2, 0.25) is 0 Å². The van der Waals surface area contributed by atoms with Gasteiger partial charge in [-0.15, -0.1) is 11.8 Å². The van der Waals surface area contributed by atoms with Gasteiger partial charge in [0.25, 0.3) is 0 Å². The molecule has 0 spiro atoms. The number of hydrogen-bond donors (Lipinski definition) is 2. The highest BCUT2D eigenvalue weighted by Crippen LogP contribution is 2.31. The van der Waals surface area contributed by atoms with Crippen molar-refractivity contribution >= 4 is 51.6 Å². The van der Waals surface area contributed by atoms with Gasteiger partial charge in [0.15, 0.2) is 0 Å². The Bertz CT molecular complexity index is 488. The van der Waals surface area contributed by atoms with Crippen molar-refractivity contribution in [2.45, 2.75) is 44.4 Å². The molecular weight excluding hydrogens is 318 g/mol. The molecule has 1 aromatic carbocycles. The van der Waals surface area contributed by atoms with Gasteiger partial charge >= 0.3 is 0 Å². The largest absolute Gasteiger partial charge is 0.508 e. The van der Waals surface area contributed by atoms with Crippen LogP contribution < -0.4 is 5.32 Å². The Balaban J connectivity index is 2.49. The Hall–Kier alpha value is -0.650. The second-order valence-electron chi connectivity index (χ2n) is 5.07. The zero-order valence-corrected chi connectivity index (χ0v) is 15.1. The molecule has 2 nitrogen and oxygen atoms in total. The number of thiocarbonyl (C=S) groups is 2. The summed E-state index contributed by atoms with van der Waals surface area (Å²) in [5.41, 5.74) is 1.08. The lowest BCUT2D eigenvalue weighted by Crippen LogP contribution is -2.04. The molecule has 116 valence electrons. The van der Waals surface area contributed by atoms with E-state index in [9.17, 15) is 5.11 Å². The van der Waals surface area contributed by atoms with Crippen molar-refractivity contribution in [1.29, 1.82) is 0 Å². The summed E-state index contributed by atoms with van der Waals surface area (Å²) < 4.78 is 0. The number of rotatable bonds is 10. The number of phenolic OH excluding ortho intramolecular Hbond substituents is 1. The van der Waals surface area contributed by atoms with Crippen LogP contribution in [0.15, 0.2) is 23.1 Å². The molecule has 5 heteroatoms. The summed E-state index contributed by atoms with van der Waals surface area (Å²) in [5.74, 6) is 1.31. The van der Waals surface area contributed by atoms with E-state index in [0.717, 1.165) is 58.3 Å². The van der Waals surface area contributed by atoms with Crippen molar-refractivity contribution in [3.63, 3.8) is 0 Å². The molecule has 0 bridgehead atoms. The van der Waals surface area contributed by atoms with Crippen LogP contribution in [-0.2, 0) is 0 Å². The summed E-state index contributed by atoms with van der Waals surface area (Å²) in [6, 6.07) is 5.48. The molecule has 0 aliphatic rings. The Morgan fingerprint density at radius 3 is 2.48 bits per heavy atom. The van der Waals surface area contributed by atoms with Crippen LogP contribution in [0, 0.1) is 0 Å². The van der Waals surface area contributed by atoms with E-state index in [0.29, 0.717) is 5.75 Å². The van der Waals surface area contributed by atoms with Crippen LogP contribution in [0.3, 0.4) is 0 Å². The molecular formula is C16H23NOS3. The van der Waals surface area contributed by atoms with Crippen LogP contribution in [0.4, 0.5) is 5.69 Å². The highest BCUT2D eigenvalue weighted by atomic mass is 32.2. The molecule has 21 heavy (non-hydrogen) atoms. The third-order valence-electron chi connectivity index (χ3n) is 2.92. The van der Waals surface area contributed by atoms with E-state index < -0.39 is 0 Å². The third-order valence-corrected chi connectivity index (χ3v) is 4.47. The first-order chi connectivity index (χ1) is 9.99. The van der Waals surface area contributed by atoms with Gasteiger partial charge in [-0.1, -0.05) is 24.4 Å². The monoisotopic (exact) mass is 341 g/mol. The zero-order valence-electron chi connectivity index (χ0n) is 12.6. The van der Waals surface area contributed by atoms with Crippen molar-refractivity contribution in [2.24, 2.45) is 0 Å². The van der Waals surface area contributed by atoms with E-state index in [1.165, 1.54) is 0 Å². The maximum Gasteiger partial charge on any atom is 0.116 e. The summed E-state index contributed by atoms with van der Waals surface area (Å²) in [4.78, 5) is 3.20. The quantitative estimate of drug-likeness (QED) is 0.263. The fourth-order valence-corrected chi connectivity index (χ4v) is 3.14. The topological polar surface area (TPSA) is 32.3 Å². The maximum atomic E-state index is 9.65. The van der Waals surface area contributed by atoms with Crippen molar-refractivity contribution < 1.29 is 5.11 Å². The SMILES string of the molecule is CC(=S)CCCNc1ccc(O)cc1SCCCC(C)=S. The highest BCUT2D eigenvalue weighted by Gasteiger charge is 2.05. The Morgan fingerprint density at radius 1 is 1.14 bits per heavy atom. The van der Waals surface area contributed by atoms with Gasteiger partial charge in [0.05, 0.1) is 0 Å². The Labute approximate surface area is 142 Å². The lowest BCUT2D eigenvalue weighted by molar-refractivity contribution is 0.474. The summed E-state index contributed by atoms with van der Waals surface area (Å²) in [6.45, 7) is 4.86. The number of benzene rings is 1. The van der Waals surface area contributed by atoms with Gasteiger partial charge in [-0.25, -0.2) is 0 Å². The molecule has 1 rings (SSSR count). The van der Waals surface area contributed by atoms with E-state index >= 15 is 0 Å². The molecule has 0 radical (unpaired) electrons. The van der Waals surface area contributed by atoms with Gasteiger partial charge in [-0.3, -0.25) is 0 Å². The number of anilines is 1. The van der Waals surface area contributed by atoms with Crippen LogP contribution in [0.1, 0.15) is 39.5 Å². The number of hydrogen-bond acceptors (Lipinski definition) is 5. The summed E-state index contributed by atoms with van der Waals surface area (Å²) >= 11 is 11.9. The highest BCUT2D eigenvalue weighted by molar-refractivity contribution is 7.99. The molecule has 0 unspecified atom stereocenters. The summed E-state index contributed by atoms with van der Waals surface area (Å²) in [5, 5.41) is 13.1. The molecule has 0 aliphatic heterocycles. The van der Waals surface area contributed by atoms with Crippen LogP contribution in [-0.4, -0.2) is 27.1 Å². The van der Waals surface area contributed by atoms with Gasteiger partial charge in [-0.2, -0.15) is 0 Å². The first-order valence-corrected chi connectivity index (χ1v) is 8.98. The Morgan fingerprint density at radius 2 is 1.81 bits per heavy atom. The minimum Gasteiger partial charge on any atom is -0.508 e. The standard InChI is InChI=1S/C16H23NOS3/c1-12(19)5-3-9-17-15-8-7-14(18)11-16(15)21-10-4-6-13(2)20/h7-8,11,17-18H,3-6,9-10H2,1-2H3. The van der Waals surface area contributed by atoms with E-state index in [1.807, 2.05) is 26.0 Å². The summed E-state index contributed by atoms with van der Waals surface area (Å²) in [7, 11) is 0. The molecule has 0 aliphatic carbocycles. The first-order valence-electron chi connectivity index (χ1n) is 7.17.